The summed E-state index contributed by atoms with van der Waals surface area (Å²) < 4.78 is 10.5. The summed E-state index contributed by atoms with van der Waals surface area (Å²) >= 11 is 0. The first-order chi connectivity index (χ1) is 11.1. The molecule has 124 valence electrons. The van der Waals surface area contributed by atoms with E-state index in [-0.39, 0.29) is 24.6 Å². The molecule has 6 heteroatoms. The van der Waals surface area contributed by atoms with Gasteiger partial charge in [0.2, 0.25) is 0 Å². The second kappa shape index (κ2) is 6.89. The molecule has 2 heterocycles. The van der Waals surface area contributed by atoms with Gasteiger partial charge in [-0.05, 0) is 37.5 Å². The minimum atomic E-state index is -0.224. The number of carbonyl (C=O) groups excluding carboxylic acids is 2. The maximum atomic E-state index is 12.2. The number of amides is 2. The number of benzene rings is 1. The van der Waals surface area contributed by atoms with Gasteiger partial charge < -0.3 is 19.3 Å². The van der Waals surface area contributed by atoms with Crippen molar-refractivity contribution in [2.45, 2.75) is 25.8 Å². The highest BCUT2D eigenvalue weighted by molar-refractivity contribution is 5.78. The minimum Gasteiger partial charge on any atom is -0.484 e. The van der Waals surface area contributed by atoms with Gasteiger partial charge in [0.05, 0.1) is 6.54 Å². The van der Waals surface area contributed by atoms with E-state index in [9.17, 15) is 9.59 Å². The summed E-state index contributed by atoms with van der Waals surface area (Å²) in [6.07, 6.45) is 1.37. The SMILES string of the molecule is Cc1cccc(OCC(=O)N2CCC(N3CCOC3=O)CC2)c1. The zero-order valence-electron chi connectivity index (χ0n) is 13.4. The van der Waals surface area contributed by atoms with Crippen LogP contribution in [0.15, 0.2) is 24.3 Å². The van der Waals surface area contributed by atoms with Crippen LogP contribution >= 0.6 is 0 Å². The maximum Gasteiger partial charge on any atom is 0.410 e. The van der Waals surface area contributed by atoms with Crippen LogP contribution in [0.4, 0.5) is 4.79 Å². The third-order valence-electron chi connectivity index (χ3n) is 4.40. The number of hydrogen-bond acceptors (Lipinski definition) is 4. The van der Waals surface area contributed by atoms with Crippen LogP contribution in [0.5, 0.6) is 5.75 Å². The summed E-state index contributed by atoms with van der Waals surface area (Å²) in [6.45, 7) is 4.49. The molecule has 3 rings (SSSR count). The molecule has 0 unspecified atom stereocenters. The molecule has 2 saturated heterocycles. The van der Waals surface area contributed by atoms with Crippen LogP contribution in [0.25, 0.3) is 0 Å². The van der Waals surface area contributed by atoms with Crippen molar-refractivity contribution in [3.8, 4) is 5.75 Å². The van der Waals surface area contributed by atoms with Gasteiger partial charge >= 0.3 is 6.09 Å². The molecule has 0 saturated carbocycles. The predicted octanol–water partition coefficient (Wildman–Crippen LogP) is 1.82. The number of cyclic esters (lactones) is 1. The molecule has 0 radical (unpaired) electrons. The van der Waals surface area contributed by atoms with Gasteiger partial charge in [0.25, 0.3) is 5.91 Å². The Labute approximate surface area is 136 Å². The summed E-state index contributed by atoms with van der Waals surface area (Å²) in [7, 11) is 0. The van der Waals surface area contributed by atoms with Crippen LogP contribution in [0, 0.1) is 6.92 Å². The normalized spacial score (nSPS) is 18.9. The van der Waals surface area contributed by atoms with Gasteiger partial charge in [0, 0.05) is 19.1 Å². The highest BCUT2D eigenvalue weighted by Gasteiger charge is 2.33. The van der Waals surface area contributed by atoms with Crippen LogP contribution in [0.1, 0.15) is 18.4 Å². The molecule has 2 amide bonds. The lowest BCUT2D eigenvalue weighted by molar-refractivity contribution is -0.134. The zero-order chi connectivity index (χ0) is 16.2. The van der Waals surface area contributed by atoms with Crippen molar-refractivity contribution in [2.75, 3.05) is 32.8 Å². The first kappa shape index (κ1) is 15.6. The lowest BCUT2D eigenvalue weighted by atomic mass is 10.0. The molecule has 0 bridgehead atoms. The zero-order valence-corrected chi connectivity index (χ0v) is 13.4. The van der Waals surface area contributed by atoms with E-state index in [1.165, 1.54) is 0 Å². The minimum absolute atomic E-state index is 0.00560. The van der Waals surface area contributed by atoms with Crippen LogP contribution < -0.4 is 4.74 Å². The summed E-state index contributed by atoms with van der Waals surface area (Å²) in [5, 5.41) is 0. The fourth-order valence-corrected chi connectivity index (χ4v) is 3.11. The Hall–Kier alpha value is -2.24. The molecule has 0 spiro atoms. The van der Waals surface area contributed by atoms with Crippen molar-refractivity contribution >= 4 is 12.0 Å². The van der Waals surface area contributed by atoms with E-state index in [0.29, 0.717) is 32.0 Å². The van der Waals surface area contributed by atoms with Gasteiger partial charge in [-0.2, -0.15) is 0 Å². The molecule has 2 aliphatic rings. The Morgan fingerprint density at radius 3 is 2.74 bits per heavy atom. The van der Waals surface area contributed by atoms with Gasteiger partial charge in [-0.25, -0.2) is 4.79 Å². The molecule has 6 nitrogen and oxygen atoms in total. The van der Waals surface area contributed by atoms with E-state index in [2.05, 4.69) is 0 Å². The topological polar surface area (TPSA) is 59.1 Å². The van der Waals surface area contributed by atoms with E-state index in [0.717, 1.165) is 18.4 Å². The summed E-state index contributed by atoms with van der Waals surface area (Å²) in [6, 6.07) is 7.86. The Balaban J connectivity index is 1.45. The molecule has 23 heavy (non-hydrogen) atoms. The van der Waals surface area contributed by atoms with Crippen LogP contribution in [0.2, 0.25) is 0 Å². The average Bonchev–Trinajstić information content (AvgIpc) is 2.99. The number of ether oxygens (including phenoxy) is 2. The van der Waals surface area contributed by atoms with E-state index < -0.39 is 0 Å². The third-order valence-corrected chi connectivity index (χ3v) is 4.40. The highest BCUT2D eigenvalue weighted by Crippen LogP contribution is 2.20. The summed E-state index contributed by atoms with van der Waals surface area (Å²) in [5.74, 6) is 0.710. The van der Waals surface area contributed by atoms with Gasteiger partial charge in [0.15, 0.2) is 6.61 Å². The highest BCUT2D eigenvalue weighted by atomic mass is 16.6. The van der Waals surface area contributed by atoms with E-state index >= 15 is 0 Å². The molecule has 0 aromatic heterocycles. The predicted molar refractivity (Wildman–Crippen MR) is 84.3 cm³/mol. The number of nitrogens with zero attached hydrogens (tertiary/aromatic N) is 2. The van der Waals surface area contributed by atoms with Gasteiger partial charge in [-0.15, -0.1) is 0 Å². The van der Waals surface area contributed by atoms with Gasteiger partial charge in [-0.3, -0.25) is 4.79 Å². The standard InChI is InChI=1S/C17H22N2O4/c1-13-3-2-4-15(11-13)23-12-16(20)18-7-5-14(6-8-18)19-9-10-22-17(19)21/h2-4,11,14H,5-10,12H2,1H3. The van der Waals surface area contributed by atoms with Gasteiger partial charge in [0.1, 0.15) is 12.4 Å². The number of likely N-dealkylation sites (tertiary alicyclic amines) is 1. The van der Waals surface area contributed by atoms with Gasteiger partial charge in [-0.1, -0.05) is 12.1 Å². The largest absolute Gasteiger partial charge is 0.484 e. The number of hydrogen-bond donors (Lipinski definition) is 0. The molecule has 2 aliphatic heterocycles. The van der Waals surface area contributed by atoms with Crippen LogP contribution in [-0.4, -0.2) is 60.7 Å². The van der Waals surface area contributed by atoms with E-state index in [4.69, 9.17) is 9.47 Å². The summed E-state index contributed by atoms with van der Waals surface area (Å²) in [4.78, 5) is 27.4. The second-order valence-electron chi connectivity index (χ2n) is 6.02. The molecule has 0 atom stereocenters. The second-order valence-corrected chi connectivity index (χ2v) is 6.02. The number of rotatable bonds is 4. The van der Waals surface area contributed by atoms with Crippen molar-refractivity contribution in [1.29, 1.82) is 0 Å². The molecule has 1 aromatic carbocycles. The maximum absolute atomic E-state index is 12.2. The van der Waals surface area contributed by atoms with E-state index in [1.54, 1.807) is 4.90 Å². The van der Waals surface area contributed by atoms with Crippen molar-refractivity contribution in [1.82, 2.24) is 9.80 Å². The first-order valence-corrected chi connectivity index (χ1v) is 8.04. The number of aryl methyl sites for hydroxylation is 1. The fourth-order valence-electron chi connectivity index (χ4n) is 3.11. The monoisotopic (exact) mass is 318 g/mol. The van der Waals surface area contributed by atoms with Crippen molar-refractivity contribution in [2.24, 2.45) is 0 Å². The molecule has 1 aromatic rings. The molecular weight excluding hydrogens is 296 g/mol. The lowest BCUT2D eigenvalue weighted by Crippen LogP contribution is -2.48. The third kappa shape index (κ3) is 3.75. The summed E-state index contributed by atoms with van der Waals surface area (Å²) in [5.41, 5.74) is 1.10. The molecular formula is C17H22N2O4. The molecule has 2 fully saturated rings. The molecule has 0 N–H and O–H groups in total. The fraction of sp³-hybridized carbons (Fsp3) is 0.529. The van der Waals surface area contributed by atoms with E-state index in [1.807, 2.05) is 36.1 Å². The van der Waals surface area contributed by atoms with Crippen molar-refractivity contribution < 1.29 is 19.1 Å². The lowest BCUT2D eigenvalue weighted by Gasteiger charge is -2.35. The average molecular weight is 318 g/mol. The van der Waals surface area contributed by atoms with Crippen LogP contribution in [0.3, 0.4) is 0 Å². The Morgan fingerprint density at radius 1 is 1.30 bits per heavy atom. The number of piperidine rings is 1. The Kier molecular flexibility index (Phi) is 4.69. The Bertz CT molecular complexity index is 582. The smallest absolute Gasteiger partial charge is 0.410 e. The Morgan fingerprint density at radius 2 is 2.09 bits per heavy atom. The van der Waals surface area contributed by atoms with Crippen molar-refractivity contribution in [3.63, 3.8) is 0 Å². The first-order valence-electron chi connectivity index (χ1n) is 8.04. The van der Waals surface area contributed by atoms with Crippen LogP contribution in [-0.2, 0) is 9.53 Å². The van der Waals surface area contributed by atoms with Crippen molar-refractivity contribution in [3.05, 3.63) is 29.8 Å². The quantitative estimate of drug-likeness (QED) is 0.849. The molecule has 0 aliphatic carbocycles. The number of carbonyl (C=O) groups is 2.